The zero-order valence-electron chi connectivity index (χ0n) is 13.7. The van der Waals surface area contributed by atoms with Crippen molar-refractivity contribution in [1.82, 2.24) is 0 Å². The lowest BCUT2D eigenvalue weighted by Crippen LogP contribution is -2.37. The van der Waals surface area contributed by atoms with Gasteiger partial charge in [-0.3, -0.25) is 9.10 Å². The average Bonchev–Trinajstić information content (AvgIpc) is 2.46. The molecular weight excluding hydrogens is 331 g/mol. The van der Waals surface area contributed by atoms with Crippen molar-refractivity contribution in [3.05, 3.63) is 59.4 Å². The van der Waals surface area contributed by atoms with Crippen LogP contribution in [-0.4, -0.2) is 27.1 Å². The molecule has 1 N–H and O–H groups in total. The van der Waals surface area contributed by atoms with Crippen LogP contribution >= 0.6 is 0 Å². The summed E-state index contributed by atoms with van der Waals surface area (Å²) in [5.74, 6) is -1.08. The van der Waals surface area contributed by atoms with Gasteiger partial charge in [0.2, 0.25) is 15.9 Å². The number of carbonyl (C=O) groups excluding carboxylic acids is 1. The number of nitrogens with one attached hydrogen (secondary N) is 1. The van der Waals surface area contributed by atoms with Gasteiger partial charge in [-0.1, -0.05) is 23.8 Å². The minimum absolute atomic E-state index is 0.105. The lowest BCUT2D eigenvalue weighted by Gasteiger charge is -2.22. The second-order valence-electron chi connectivity index (χ2n) is 5.62. The molecule has 0 aliphatic heterocycles. The Labute approximate surface area is 141 Å². The number of anilines is 2. The fraction of sp³-hybridized carbons (Fsp3) is 0.235. The maximum absolute atomic E-state index is 13.4. The number of nitrogens with zero attached hydrogens (tertiary/aromatic N) is 1. The number of halogens is 1. The molecule has 5 nitrogen and oxygen atoms in total. The number of sulfonamides is 1. The van der Waals surface area contributed by atoms with Crippen molar-refractivity contribution >= 4 is 27.3 Å². The van der Waals surface area contributed by atoms with Gasteiger partial charge in [0, 0.05) is 5.69 Å². The maximum atomic E-state index is 13.4. The minimum atomic E-state index is -3.73. The Morgan fingerprint density at radius 2 is 1.88 bits per heavy atom. The van der Waals surface area contributed by atoms with Gasteiger partial charge in [0.1, 0.15) is 12.4 Å². The van der Waals surface area contributed by atoms with E-state index >= 15 is 0 Å². The van der Waals surface area contributed by atoms with Gasteiger partial charge in [-0.05, 0) is 43.7 Å². The largest absolute Gasteiger partial charge is 0.324 e. The number of carbonyl (C=O) groups is 1. The standard InChI is InChI=1S/C17H19FN2O3S/c1-12-7-8-16(13(2)9-12)19-17(21)11-20(24(3,22)23)15-6-4-5-14(18)10-15/h4-10H,11H2,1-3H3,(H,19,21). The molecule has 2 aromatic carbocycles. The van der Waals surface area contributed by atoms with Crippen LogP contribution in [0.3, 0.4) is 0 Å². The molecule has 0 unspecified atom stereocenters. The molecule has 7 heteroatoms. The van der Waals surface area contributed by atoms with Gasteiger partial charge in [0.15, 0.2) is 0 Å². The van der Waals surface area contributed by atoms with Crippen LogP contribution in [0.15, 0.2) is 42.5 Å². The number of rotatable bonds is 5. The van der Waals surface area contributed by atoms with Gasteiger partial charge in [-0.15, -0.1) is 0 Å². The van der Waals surface area contributed by atoms with Crippen LogP contribution < -0.4 is 9.62 Å². The van der Waals surface area contributed by atoms with Crippen LogP contribution in [0.25, 0.3) is 0 Å². The van der Waals surface area contributed by atoms with Crippen molar-refractivity contribution in [3.63, 3.8) is 0 Å². The highest BCUT2D eigenvalue weighted by atomic mass is 32.2. The summed E-state index contributed by atoms with van der Waals surface area (Å²) in [5, 5.41) is 2.69. The van der Waals surface area contributed by atoms with Crippen molar-refractivity contribution < 1.29 is 17.6 Å². The highest BCUT2D eigenvalue weighted by molar-refractivity contribution is 7.92. The molecule has 0 aliphatic carbocycles. The number of benzene rings is 2. The van der Waals surface area contributed by atoms with Gasteiger partial charge in [0.25, 0.3) is 0 Å². The third kappa shape index (κ3) is 4.55. The monoisotopic (exact) mass is 350 g/mol. The summed E-state index contributed by atoms with van der Waals surface area (Å²) >= 11 is 0. The molecular formula is C17H19FN2O3S. The van der Waals surface area contributed by atoms with E-state index in [-0.39, 0.29) is 5.69 Å². The van der Waals surface area contributed by atoms with E-state index < -0.39 is 28.3 Å². The first-order valence-corrected chi connectivity index (χ1v) is 9.12. The summed E-state index contributed by atoms with van der Waals surface area (Å²) in [5.41, 5.74) is 2.65. The van der Waals surface area contributed by atoms with E-state index in [0.29, 0.717) is 5.69 Å². The predicted octanol–water partition coefficient (Wildman–Crippen LogP) is 2.85. The maximum Gasteiger partial charge on any atom is 0.245 e. The van der Waals surface area contributed by atoms with Crippen molar-refractivity contribution in [2.75, 3.05) is 22.4 Å². The molecule has 0 heterocycles. The molecule has 0 saturated heterocycles. The van der Waals surface area contributed by atoms with E-state index in [9.17, 15) is 17.6 Å². The molecule has 0 saturated carbocycles. The number of hydrogen-bond acceptors (Lipinski definition) is 3. The van der Waals surface area contributed by atoms with Gasteiger partial charge in [0.05, 0.1) is 11.9 Å². The Hall–Kier alpha value is -2.41. The van der Waals surface area contributed by atoms with Crippen molar-refractivity contribution in [3.8, 4) is 0 Å². The summed E-state index contributed by atoms with van der Waals surface area (Å²) in [6.45, 7) is 3.35. The van der Waals surface area contributed by atoms with Crippen molar-refractivity contribution in [1.29, 1.82) is 0 Å². The third-order valence-electron chi connectivity index (χ3n) is 3.44. The molecule has 0 atom stereocenters. The van der Waals surface area contributed by atoms with Crippen LogP contribution in [-0.2, 0) is 14.8 Å². The molecule has 1 amide bonds. The molecule has 0 bridgehead atoms. The summed E-state index contributed by atoms with van der Waals surface area (Å²) in [7, 11) is -3.73. The number of amides is 1. The van der Waals surface area contributed by atoms with Crippen LogP contribution in [0.1, 0.15) is 11.1 Å². The van der Waals surface area contributed by atoms with E-state index in [1.165, 1.54) is 18.2 Å². The molecule has 0 spiro atoms. The minimum Gasteiger partial charge on any atom is -0.324 e. The first kappa shape index (κ1) is 17.9. The molecule has 24 heavy (non-hydrogen) atoms. The summed E-state index contributed by atoms with van der Waals surface area (Å²) in [6, 6.07) is 10.6. The summed E-state index contributed by atoms with van der Waals surface area (Å²) < 4.78 is 38.2. The molecule has 0 radical (unpaired) electrons. The van der Waals surface area contributed by atoms with E-state index in [2.05, 4.69) is 5.32 Å². The van der Waals surface area contributed by atoms with E-state index in [0.717, 1.165) is 27.8 Å². The number of aryl methyl sites for hydroxylation is 2. The topological polar surface area (TPSA) is 66.5 Å². The van der Waals surface area contributed by atoms with Crippen LogP contribution in [0, 0.1) is 19.7 Å². The zero-order chi connectivity index (χ0) is 17.9. The first-order valence-electron chi connectivity index (χ1n) is 7.27. The molecule has 0 aliphatic rings. The predicted molar refractivity (Wildman–Crippen MR) is 93.1 cm³/mol. The molecule has 0 aromatic heterocycles. The summed E-state index contributed by atoms with van der Waals surface area (Å²) in [6.07, 6.45) is 0.975. The normalized spacial score (nSPS) is 11.2. The van der Waals surface area contributed by atoms with E-state index in [4.69, 9.17) is 0 Å². The average molecular weight is 350 g/mol. The second kappa shape index (κ2) is 7.00. The van der Waals surface area contributed by atoms with Crippen molar-refractivity contribution in [2.24, 2.45) is 0 Å². The molecule has 2 rings (SSSR count). The first-order chi connectivity index (χ1) is 11.2. The van der Waals surface area contributed by atoms with Crippen LogP contribution in [0.5, 0.6) is 0 Å². The number of hydrogen-bond donors (Lipinski definition) is 1. The summed E-state index contributed by atoms with van der Waals surface area (Å²) in [4.78, 5) is 12.3. The fourth-order valence-corrected chi connectivity index (χ4v) is 3.15. The third-order valence-corrected chi connectivity index (χ3v) is 4.58. The Bertz CT molecular complexity index is 866. The smallest absolute Gasteiger partial charge is 0.245 e. The highest BCUT2D eigenvalue weighted by Crippen LogP contribution is 2.20. The Kier molecular flexibility index (Phi) is 5.23. The second-order valence-corrected chi connectivity index (χ2v) is 7.52. The van der Waals surface area contributed by atoms with Crippen LogP contribution in [0.4, 0.5) is 15.8 Å². The SMILES string of the molecule is Cc1ccc(NC(=O)CN(c2cccc(F)c2)S(C)(=O)=O)c(C)c1. The molecule has 2 aromatic rings. The van der Waals surface area contributed by atoms with E-state index in [1.54, 1.807) is 6.07 Å². The van der Waals surface area contributed by atoms with Gasteiger partial charge < -0.3 is 5.32 Å². The lowest BCUT2D eigenvalue weighted by molar-refractivity contribution is -0.114. The zero-order valence-corrected chi connectivity index (χ0v) is 14.5. The Morgan fingerprint density at radius 3 is 2.46 bits per heavy atom. The molecule has 128 valence electrons. The molecule has 0 fully saturated rings. The van der Waals surface area contributed by atoms with Gasteiger partial charge >= 0.3 is 0 Å². The Balaban J connectivity index is 2.22. The lowest BCUT2D eigenvalue weighted by atomic mass is 10.1. The fourth-order valence-electron chi connectivity index (χ4n) is 2.31. The van der Waals surface area contributed by atoms with Crippen molar-refractivity contribution in [2.45, 2.75) is 13.8 Å². The highest BCUT2D eigenvalue weighted by Gasteiger charge is 2.21. The van der Waals surface area contributed by atoms with Crippen LogP contribution in [0.2, 0.25) is 0 Å². The quantitative estimate of drug-likeness (QED) is 0.902. The Morgan fingerprint density at radius 1 is 1.17 bits per heavy atom. The van der Waals surface area contributed by atoms with Gasteiger partial charge in [-0.25, -0.2) is 12.8 Å². The van der Waals surface area contributed by atoms with E-state index in [1.807, 2.05) is 26.0 Å². The van der Waals surface area contributed by atoms with Gasteiger partial charge in [-0.2, -0.15) is 0 Å².